The minimum absolute atomic E-state index is 0.268. The van der Waals surface area contributed by atoms with Crippen LogP contribution in [0.2, 0.25) is 0 Å². The van der Waals surface area contributed by atoms with Crippen LogP contribution >= 0.6 is 22.7 Å². The van der Waals surface area contributed by atoms with E-state index in [0.717, 1.165) is 12.8 Å². The zero-order valence-electron chi connectivity index (χ0n) is 6.89. The Morgan fingerprint density at radius 2 is 2.17 bits per heavy atom. The molecule has 0 aromatic carbocycles. The quantitative estimate of drug-likeness (QED) is 0.455. The molecule has 0 aliphatic heterocycles. The van der Waals surface area contributed by atoms with E-state index >= 15 is 0 Å². The lowest BCUT2D eigenvalue weighted by Crippen LogP contribution is -2.02. The van der Waals surface area contributed by atoms with Crippen molar-refractivity contribution in [3.8, 4) is 0 Å². The van der Waals surface area contributed by atoms with Crippen LogP contribution in [0.3, 0.4) is 0 Å². The van der Waals surface area contributed by atoms with Gasteiger partial charge in [0.05, 0.1) is 17.2 Å². The summed E-state index contributed by atoms with van der Waals surface area (Å²) >= 11 is 15.4. The molecule has 3 atom stereocenters. The van der Waals surface area contributed by atoms with Gasteiger partial charge in [0.1, 0.15) is 0 Å². The highest BCUT2D eigenvalue weighted by Gasteiger charge is 2.04. The average Bonchev–Trinajstić information content (AvgIpc) is 2.00. The summed E-state index contributed by atoms with van der Waals surface area (Å²) in [7, 11) is -0.784. The molecule has 0 fully saturated rings. The smallest absolute Gasteiger partial charge is 0.0789 e. The minimum atomic E-state index is -0.422. The van der Waals surface area contributed by atoms with Crippen molar-refractivity contribution in [2.75, 3.05) is 0 Å². The SMILES string of the molecule is CCCC(C)OSS(=S)S(=S)S. The first-order valence-corrected chi connectivity index (χ1v) is 10.6. The Labute approximate surface area is 96.4 Å². The third-order valence-corrected chi connectivity index (χ3v) is 12.5. The lowest BCUT2D eigenvalue weighted by Gasteiger charge is -2.09. The highest BCUT2D eigenvalue weighted by atomic mass is 33.9. The summed E-state index contributed by atoms with van der Waals surface area (Å²) in [6.07, 6.45) is 2.47. The molecule has 0 rings (SSSR count). The van der Waals surface area contributed by atoms with Crippen LogP contribution in [-0.2, 0) is 41.6 Å². The second-order valence-electron chi connectivity index (χ2n) is 2.18. The van der Waals surface area contributed by atoms with Gasteiger partial charge in [0.15, 0.2) is 0 Å². The average molecular weight is 281 g/mol. The van der Waals surface area contributed by atoms with Crippen LogP contribution in [0.4, 0.5) is 0 Å². The molecule has 0 aliphatic rings. The Morgan fingerprint density at radius 1 is 1.58 bits per heavy atom. The van der Waals surface area contributed by atoms with Crippen LogP contribution in [0.1, 0.15) is 26.7 Å². The van der Waals surface area contributed by atoms with Crippen molar-refractivity contribution in [2.45, 2.75) is 32.8 Å². The molecule has 0 aliphatic carbocycles. The molecule has 0 saturated heterocycles. The van der Waals surface area contributed by atoms with E-state index in [1.165, 1.54) is 11.1 Å². The third kappa shape index (κ3) is 7.23. The predicted octanol–water partition coefficient (Wildman–Crippen LogP) is 2.68. The summed E-state index contributed by atoms with van der Waals surface area (Å²) in [5.74, 6) is 0. The highest BCUT2D eigenvalue weighted by molar-refractivity contribution is 9.26. The van der Waals surface area contributed by atoms with Gasteiger partial charge in [-0.25, -0.2) is 0 Å². The fourth-order valence-electron chi connectivity index (χ4n) is 0.578. The molecule has 0 amide bonds. The molecular weight excluding hydrogens is 268 g/mol. The molecule has 7 heteroatoms. The van der Waals surface area contributed by atoms with Crippen LogP contribution in [0, 0.1) is 0 Å². The Morgan fingerprint density at radius 3 is 2.58 bits per heavy atom. The molecule has 0 N–H and O–H groups in total. The number of hydrogen-bond acceptors (Lipinski definition) is 4. The number of hydrogen-bond donors (Lipinski definition) is 1. The van der Waals surface area contributed by atoms with E-state index in [1.807, 2.05) is 6.92 Å². The Bertz CT molecular complexity index is 169. The van der Waals surface area contributed by atoms with Gasteiger partial charge in [-0.3, -0.25) is 0 Å². The summed E-state index contributed by atoms with van der Waals surface area (Å²) in [5, 5.41) is 0. The summed E-state index contributed by atoms with van der Waals surface area (Å²) in [4.78, 5) is 0. The van der Waals surface area contributed by atoms with Gasteiger partial charge in [0, 0.05) is 15.0 Å². The van der Waals surface area contributed by atoms with Crippen molar-refractivity contribution >= 4 is 60.1 Å². The maximum atomic E-state index is 5.42. The van der Waals surface area contributed by atoms with Crippen molar-refractivity contribution in [1.29, 1.82) is 0 Å². The molecule has 74 valence electrons. The van der Waals surface area contributed by atoms with E-state index in [-0.39, 0.29) is 13.6 Å². The van der Waals surface area contributed by atoms with Crippen molar-refractivity contribution in [3.63, 3.8) is 0 Å². The van der Waals surface area contributed by atoms with E-state index in [9.17, 15) is 0 Å². The van der Waals surface area contributed by atoms with Gasteiger partial charge >= 0.3 is 0 Å². The van der Waals surface area contributed by atoms with Crippen LogP contribution in [0.15, 0.2) is 0 Å². The van der Waals surface area contributed by atoms with Gasteiger partial charge in [-0.15, -0.1) is 0 Å². The maximum absolute atomic E-state index is 5.42. The molecule has 3 unspecified atom stereocenters. The Kier molecular flexibility index (Phi) is 9.36. The van der Waals surface area contributed by atoms with Crippen molar-refractivity contribution in [3.05, 3.63) is 0 Å². The van der Waals surface area contributed by atoms with E-state index in [4.69, 9.17) is 26.6 Å². The van der Waals surface area contributed by atoms with E-state index in [1.54, 1.807) is 0 Å². The second kappa shape index (κ2) is 8.14. The largest absolute Gasteiger partial charge is 0.301 e. The van der Waals surface area contributed by atoms with Crippen molar-refractivity contribution < 1.29 is 4.18 Å². The summed E-state index contributed by atoms with van der Waals surface area (Å²) in [5.41, 5.74) is 0. The fourth-order valence-corrected chi connectivity index (χ4v) is 3.95. The van der Waals surface area contributed by atoms with Crippen LogP contribution in [0.5, 0.6) is 0 Å². The van der Waals surface area contributed by atoms with Crippen molar-refractivity contribution in [2.24, 2.45) is 0 Å². The van der Waals surface area contributed by atoms with Gasteiger partial charge in [-0.1, -0.05) is 25.0 Å². The molecule has 1 nitrogen and oxygen atoms in total. The van der Waals surface area contributed by atoms with Crippen LogP contribution in [0.25, 0.3) is 0 Å². The Hall–Kier alpha value is 1.80. The molecule has 12 heavy (non-hydrogen) atoms. The van der Waals surface area contributed by atoms with Gasteiger partial charge in [0.25, 0.3) is 0 Å². The lowest BCUT2D eigenvalue weighted by molar-refractivity contribution is 0.254. The normalized spacial score (nSPS) is 18.6. The monoisotopic (exact) mass is 280 g/mol. The van der Waals surface area contributed by atoms with Gasteiger partial charge < -0.3 is 4.18 Å². The third-order valence-electron chi connectivity index (χ3n) is 1.07. The zero-order chi connectivity index (χ0) is 9.56. The zero-order valence-corrected chi connectivity index (χ0v) is 11.9. The molecule has 0 saturated carbocycles. The molecule has 0 radical (unpaired) electrons. The first kappa shape index (κ1) is 13.8. The van der Waals surface area contributed by atoms with E-state index < -0.39 is 7.52 Å². The number of thiol groups is 1. The maximum Gasteiger partial charge on any atom is 0.0789 e. The van der Waals surface area contributed by atoms with Gasteiger partial charge in [-0.2, -0.15) is 0 Å². The summed E-state index contributed by atoms with van der Waals surface area (Å²) in [6.45, 7) is 4.18. The van der Waals surface area contributed by atoms with E-state index in [2.05, 4.69) is 18.6 Å². The highest BCUT2D eigenvalue weighted by Crippen LogP contribution is 2.19. The first-order chi connectivity index (χ1) is 5.57. The fraction of sp³-hybridized carbons (Fsp3) is 1.00. The molecule has 0 aromatic heterocycles. The van der Waals surface area contributed by atoms with E-state index in [0.29, 0.717) is 0 Å². The van der Waals surface area contributed by atoms with Crippen LogP contribution in [-0.4, -0.2) is 6.10 Å². The molecule has 0 spiro atoms. The first-order valence-electron chi connectivity index (χ1n) is 3.44. The summed E-state index contributed by atoms with van der Waals surface area (Å²) < 4.78 is 5.42. The molecule has 0 heterocycles. The number of rotatable bonds is 6. The van der Waals surface area contributed by atoms with Gasteiger partial charge in [0.2, 0.25) is 0 Å². The second-order valence-corrected chi connectivity index (χ2v) is 13.9. The molecule has 0 aromatic rings. The van der Waals surface area contributed by atoms with Crippen LogP contribution < -0.4 is 0 Å². The summed E-state index contributed by atoms with van der Waals surface area (Å²) in [6, 6.07) is 0. The molecular formula is C5H12OS6. The predicted molar refractivity (Wildman–Crippen MR) is 71.5 cm³/mol. The molecule has 0 bridgehead atoms. The standard InChI is InChI=1S/C5H12OS6/c1-3-4-5(2)6-10-12(9)11(7)8/h5H,3-4H2,1-2H3,(H,7,8). The lowest BCUT2D eigenvalue weighted by atomic mass is 10.2. The minimum Gasteiger partial charge on any atom is -0.301 e. The Balaban J connectivity index is 3.54. The van der Waals surface area contributed by atoms with Gasteiger partial charge in [-0.05, 0) is 35.7 Å². The topological polar surface area (TPSA) is 9.23 Å². The van der Waals surface area contributed by atoms with Crippen molar-refractivity contribution in [1.82, 2.24) is 0 Å².